The molecule has 3 heteroatoms. The fourth-order valence-electron chi connectivity index (χ4n) is 8.36. The number of aryl methyl sites for hydroxylation is 1. The fraction of sp³-hybridized carbons (Fsp3) is 0.0667. The molecule has 7 aromatic carbocycles. The SMILES string of the molecule is c1ccc2c(c1)-c1ccc3c(sc4ccccc43)c1C2CCc1ccc2c(c1)oc1cccc(-c3ccc4c(c3)sc3ccccc34)c12. The Bertz CT molecular complexity index is 2920. The lowest BCUT2D eigenvalue weighted by Crippen LogP contribution is -1.99. The number of benzene rings is 7. The molecule has 3 heterocycles. The third-order valence-corrected chi connectivity index (χ3v) is 12.9. The topological polar surface area (TPSA) is 13.1 Å². The van der Waals surface area contributed by atoms with E-state index in [4.69, 9.17) is 4.42 Å². The Hall–Kier alpha value is -5.22. The first kappa shape index (κ1) is 26.8. The van der Waals surface area contributed by atoms with Crippen LogP contribution in [0.3, 0.4) is 0 Å². The van der Waals surface area contributed by atoms with Gasteiger partial charge in [0.25, 0.3) is 0 Å². The van der Waals surface area contributed by atoms with Crippen molar-refractivity contribution in [2.75, 3.05) is 0 Å². The molecule has 0 fully saturated rings. The third kappa shape index (κ3) is 3.83. The van der Waals surface area contributed by atoms with Crippen molar-refractivity contribution in [1.29, 1.82) is 0 Å². The predicted octanol–water partition coefficient (Wildman–Crippen LogP) is 13.7. The molecule has 48 heavy (non-hydrogen) atoms. The van der Waals surface area contributed by atoms with E-state index in [2.05, 4.69) is 140 Å². The molecule has 1 aliphatic carbocycles. The number of furan rings is 1. The van der Waals surface area contributed by atoms with Crippen molar-refractivity contribution < 1.29 is 4.42 Å². The van der Waals surface area contributed by atoms with Gasteiger partial charge in [0.2, 0.25) is 0 Å². The zero-order chi connectivity index (χ0) is 31.3. The molecule has 0 radical (unpaired) electrons. The monoisotopic (exact) mass is 648 g/mol. The molecule has 0 saturated carbocycles. The van der Waals surface area contributed by atoms with Gasteiger partial charge in [0.05, 0.1) is 0 Å². The van der Waals surface area contributed by atoms with Crippen LogP contribution in [0.2, 0.25) is 0 Å². The standard InChI is InChI=1S/C45H28OS2/c1-2-9-30-29(8-1)34(44-35(30)22-23-36-32-11-4-6-15-41(32)48-45(36)44)19-16-26-17-20-37-39(24-26)46-38-13-7-12-28(43(37)38)27-18-21-33-31-10-3-5-14-40(31)47-42(33)25-27/h1-15,17-18,20-25,34H,16,19H2. The lowest BCUT2D eigenvalue weighted by molar-refractivity contribution is 0.667. The molecule has 0 N–H and O–H groups in total. The summed E-state index contributed by atoms with van der Waals surface area (Å²) in [6.45, 7) is 0. The van der Waals surface area contributed by atoms with Crippen LogP contribution in [0.15, 0.2) is 144 Å². The van der Waals surface area contributed by atoms with Crippen LogP contribution in [0.1, 0.15) is 29.0 Å². The number of rotatable bonds is 4. The molecular formula is C45H28OS2. The second kappa shape index (κ2) is 10.1. The quantitative estimate of drug-likeness (QED) is 0.185. The minimum Gasteiger partial charge on any atom is -0.456 e. The van der Waals surface area contributed by atoms with Gasteiger partial charge in [-0.1, -0.05) is 109 Å². The second-order valence-electron chi connectivity index (χ2n) is 13.1. The van der Waals surface area contributed by atoms with Crippen LogP contribution < -0.4 is 0 Å². The molecule has 0 amide bonds. The summed E-state index contributed by atoms with van der Waals surface area (Å²) < 4.78 is 12.0. The van der Waals surface area contributed by atoms with Gasteiger partial charge >= 0.3 is 0 Å². The maximum absolute atomic E-state index is 6.57. The third-order valence-electron chi connectivity index (χ3n) is 10.5. The first-order valence-electron chi connectivity index (χ1n) is 16.7. The molecule has 226 valence electrons. The van der Waals surface area contributed by atoms with Crippen LogP contribution in [-0.2, 0) is 6.42 Å². The molecule has 1 unspecified atom stereocenters. The van der Waals surface area contributed by atoms with E-state index in [-0.39, 0.29) is 0 Å². The maximum Gasteiger partial charge on any atom is 0.136 e. The minimum atomic E-state index is 0.370. The molecule has 0 bridgehead atoms. The summed E-state index contributed by atoms with van der Waals surface area (Å²) in [6, 6.07) is 51.6. The number of fused-ring (bicyclic) bond motifs is 13. The van der Waals surface area contributed by atoms with Crippen LogP contribution in [0.25, 0.3) is 84.5 Å². The molecule has 11 rings (SSSR count). The van der Waals surface area contributed by atoms with Gasteiger partial charge in [-0.3, -0.25) is 0 Å². The molecule has 1 aliphatic rings. The largest absolute Gasteiger partial charge is 0.456 e. The van der Waals surface area contributed by atoms with Gasteiger partial charge in [-0.25, -0.2) is 0 Å². The van der Waals surface area contributed by atoms with Crippen LogP contribution >= 0.6 is 22.7 Å². The summed E-state index contributed by atoms with van der Waals surface area (Å²) >= 11 is 3.82. The molecule has 0 saturated heterocycles. The molecule has 10 aromatic rings. The van der Waals surface area contributed by atoms with Gasteiger partial charge in [-0.2, -0.15) is 0 Å². The fourth-order valence-corrected chi connectivity index (χ4v) is 10.8. The van der Waals surface area contributed by atoms with E-state index in [1.165, 1.54) is 90.1 Å². The van der Waals surface area contributed by atoms with Gasteiger partial charge in [0.15, 0.2) is 0 Å². The minimum absolute atomic E-state index is 0.370. The lowest BCUT2D eigenvalue weighted by atomic mass is 9.89. The van der Waals surface area contributed by atoms with Crippen LogP contribution in [0.4, 0.5) is 0 Å². The molecule has 3 aromatic heterocycles. The Balaban J connectivity index is 0.977. The Kier molecular flexibility index (Phi) is 5.66. The lowest BCUT2D eigenvalue weighted by Gasteiger charge is -2.15. The summed E-state index contributed by atoms with van der Waals surface area (Å²) in [7, 11) is 0. The Labute approximate surface area is 285 Å². The van der Waals surface area contributed by atoms with Crippen LogP contribution in [0.5, 0.6) is 0 Å². The molecule has 0 spiro atoms. The number of hydrogen-bond donors (Lipinski definition) is 0. The highest BCUT2D eigenvalue weighted by Crippen LogP contribution is 2.52. The number of thiophene rings is 2. The van der Waals surface area contributed by atoms with E-state index in [1.54, 1.807) is 0 Å². The van der Waals surface area contributed by atoms with Crippen molar-refractivity contribution in [3.05, 3.63) is 156 Å². The molecule has 1 atom stereocenters. The van der Waals surface area contributed by atoms with Gasteiger partial charge < -0.3 is 4.42 Å². The van der Waals surface area contributed by atoms with Crippen molar-refractivity contribution in [2.24, 2.45) is 0 Å². The Morgan fingerprint density at radius 3 is 2.15 bits per heavy atom. The zero-order valence-corrected chi connectivity index (χ0v) is 27.6. The van der Waals surface area contributed by atoms with Crippen LogP contribution in [-0.4, -0.2) is 0 Å². The van der Waals surface area contributed by atoms with Crippen molar-refractivity contribution in [3.63, 3.8) is 0 Å². The summed E-state index contributed by atoms with van der Waals surface area (Å²) in [4.78, 5) is 0. The van der Waals surface area contributed by atoms with E-state index < -0.39 is 0 Å². The second-order valence-corrected chi connectivity index (χ2v) is 15.2. The Morgan fingerprint density at radius 1 is 0.500 bits per heavy atom. The first-order chi connectivity index (χ1) is 23.8. The van der Waals surface area contributed by atoms with Crippen LogP contribution in [0, 0.1) is 0 Å². The summed E-state index contributed by atoms with van der Waals surface area (Å²) in [6.07, 6.45) is 2.05. The molecule has 1 nitrogen and oxygen atoms in total. The zero-order valence-electron chi connectivity index (χ0n) is 26.0. The smallest absolute Gasteiger partial charge is 0.136 e. The van der Waals surface area contributed by atoms with E-state index in [9.17, 15) is 0 Å². The van der Waals surface area contributed by atoms with Crippen molar-refractivity contribution in [2.45, 2.75) is 18.8 Å². The normalized spacial score (nSPS) is 14.2. The Morgan fingerprint density at radius 2 is 1.23 bits per heavy atom. The van der Waals surface area contributed by atoms with Crippen molar-refractivity contribution in [1.82, 2.24) is 0 Å². The summed E-state index contributed by atoms with van der Waals surface area (Å²) in [5, 5.41) is 7.80. The van der Waals surface area contributed by atoms with Gasteiger partial charge in [0, 0.05) is 57.0 Å². The van der Waals surface area contributed by atoms with E-state index in [1.807, 2.05) is 22.7 Å². The summed E-state index contributed by atoms with van der Waals surface area (Å²) in [5.41, 5.74) is 11.5. The van der Waals surface area contributed by atoms with Gasteiger partial charge in [-0.15, -0.1) is 22.7 Å². The summed E-state index contributed by atoms with van der Waals surface area (Å²) in [5.74, 6) is 0.370. The average molecular weight is 649 g/mol. The maximum atomic E-state index is 6.57. The van der Waals surface area contributed by atoms with Crippen molar-refractivity contribution >= 4 is 85.0 Å². The van der Waals surface area contributed by atoms with Crippen molar-refractivity contribution in [3.8, 4) is 22.3 Å². The first-order valence-corrected chi connectivity index (χ1v) is 18.3. The van der Waals surface area contributed by atoms with E-state index in [0.717, 1.165) is 24.0 Å². The highest BCUT2D eigenvalue weighted by molar-refractivity contribution is 7.26. The van der Waals surface area contributed by atoms with Gasteiger partial charge in [0.1, 0.15) is 11.2 Å². The number of hydrogen-bond acceptors (Lipinski definition) is 3. The van der Waals surface area contributed by atoms with E-state index >= 15 is 0 Å². The molecular weight excluding hydrogens is 621 g/mol. The predicted molar refractivity (Wildman–Crippen MR) is 207 cm³/mol. The highest BCUT2D eigenvalue weighted by Gasteiger charge is 2.31. The van der Waals surface area contributed by atoms with Gasteiger partial charge in [-0.05, 0) is 82.1 Å². The van der Waals surface area contributed by atoms with E-state index in [0.29, 0.717) is 5.92 Å². The highest BCUT2D eigenvalue weighted by atomic mass is 32.1. The average Bonchev–Trinajstić information content (AvgIpc) is 3.88. The molecule has 0 aliphatic heterocycles.